The smallest absolute Gasteiger partial charge is 0.224 e. The average Bonchev–Trinajstić information content (AvgIpc) is 2.15. The van der Waals surface area contributed by atoms with Crippen molar-refractivity contribution < 1.29 is 4.79 Å². The van der Waals surface area contributed by atoms with E-state index >= 15 is 0 Å². The monoisotopic (exact) mass is 281 g/mol. The summed E-state index contributed by atoms with van der Waals surface area (Å²) >= 11 is 3.43. The number of anilines is 1. The molecule has 1 unspecified atom stereocenters. The minimum absolute atomic E-state index is 0.135. The number of fused-ring (bicyclic) bond motifs is 1. The van der Waals surface area contributed by atoms with Gasteiger partial charge in [-0.05, 0) is 36.0 Å². The Morgan fingerprint density at radius 1 is 1.50 bits per heavy atom. The van der Waals surface area contributed by atoms with Crippen molar-refractivity contribution in [2.24, 2.45) is 5.92 Å². The van der Waals surface area contributed by atoms with Crippen LogP contribution in [0.4, 0.5) is 5.69 Å². The summed E-state index contributed by atoms with van der Waals surface area (Å²) in [6, 6.07) is 6.15. The van der Waals surface area contributed by atoms with Crippen LogP contribution in [0.15, 0.2) is 22.7 Å². The van der Waals surface area contributed by atoms with Crippen LogP contribution in [0.1, 0.15) is 38.2 Å². The third-order valence-corrected chi connectivity index (χ3v) is 3.41. The summed E-state index contributed by atoms with van der Waals surface area (Å²) in [6.07, 6.45) is 1.69. The van der Waals surface area contributed by atoms with Crippen LogP contribution in [0.5, 0.6) is 0 Å². The average molecular weight is 282 g/mol. The van der Waals surface area contributed by atoms with Gasteiger partial charge in [0.15, 0.2) is 0 Å². The maximum Gasteiger partial charge on any atom is 0.224 e. The number of benzene rings is 1. The number of rotatable bonds is 2. The molecule has 1 aromatic rings. The van der Waals surface area contributed by atoms with E-state index in [1.165, 1.54) is 5.56 Å². The third-order valence-electron chi connectivity index (χ3n) is 2.92. The lowest BCUT2D eigenvalue weighted by atomic mass is 9.84. The molecule has 0 bridgehead atoms. The van der Waals surface area contributed by atoms with Crippen molar-refractivity contribution in [2.45, 2.75) is 32.6 Å². The van der Waals surface area contributed by atoms with Gasteiger partial charge in [-0.3, -0.25) is 4.79 Å². The summed E-state index contributed by atoms with van der Waals surface area (Å²) in [5, 5.41) is 2.93. The molecule has 0 aliphatic carbocycles. The second-order valence-corrected chi connectivity index (χ2v) is 5.73. The second-order valence-electron chi connectivity index (χ2n) is 4.81. The van der Waals surface area contributed by atoms with Crippen LogP contribution < -0.4 is 5.32 Å². The maximum absolute atomic E-state index is 11.6. The van der Waals surface area contributed by atoms with Crippen molar-refractivity contribution in [2.75, 3.05) is 5.32 Å². The van der Waals surface area contributed by atoms with Crippen molar-refractivity contribution in [3.8, 4) is 0 Å². The molecule has 1 aliphatic heterocycles. The molecular formula is C13H16BrNO. The highest BCUT2D eigenvalue weighted by Gasteiger charge is 2.25. The Balaban J connectivity index is 2.34. The van der Waals surface area contributed by atoms with Crippen molar-refractivity contribution in [1.29, 1.82) is 0 Å². The van der Waals surface area contributed by atoms with Crippen LogP contribution in [0, 0.1) is 5.92 Å². The first-order valence-corrected chi connectivity index (χ1v) is 6.45. The lowest BCUT2D eigenvalue weighted by molar-refractivity contribution is -0.116. The van der Waals surface area contributed by atoms with Crippen LogP contribution >= 0.6 is 15.9 Å². The largest absolute Gasteiger partial charge is 0.326 e. The molecule has 86 valence electrons. The Bertz CT molecular complexity index is 414. The fourth-order valence-electron chi connectivity index (χ4n) is 2.31. The first-order chi connectivity index (χ1) is 7.56. The Morgan fingerprint density at radius 3 is 2.94 bits per heavy atom. The summed E-state index contributed by atoms with van der Waals surface area (Å²) in [6.45, 7) is 4.40. The summed E-state index contributed by atoms with van der Waals surface area (Å²) in [5.41, 5.74) is 2.24. The third kappa shape index (κ3) is 2.46. The molecule has 1 N–H and O–H groups in total. The lowest BCUT2D eigenvalue weighted by Gasteiger charge is -2.27. The molecule has 16 heavy (non-hydrogen) atoms. The number of hydrogen-bond acceptors (Lipinski definition) is 1. The molecule has 1 aliphatic rings. The summed E-state index contributed by atoms with van der Waals surface area (Å²) in [4.78, 5) is 11.6. The zero-order valence-corrected chi connectivity index (χ0v) is 11.2. The maximum atomic E-state index is 11.6. The van der Waals surface area contributed by atoms with Gasteiger partial charge in [-0.15, -0.1) is 0 Å². The van der Waals surface area contributed by atoms with Crippen molar-refractivity contribution >= 4 is 27.5 Å². The first kappa shape index (κ1) is 11.6. The number of halogens is 1. The topological polar surface area (TPSA) is 29.1 Å². The standard InChI is InChI=1S/C13H16BrNO/c1-8(2)5-9-6-13(16)15-12-7-10(14)3-4-11(9)12/h3-4,7-9H,5-6H2,1-2H3,(H,15,16). The molecule has 2 rings (SSSR count). The van der Waals surface area contributed by atoms with Gasteiger partial charge < -0.3 is 5.32 Å². The molecule has 0 saturated heterocycles. The van der Waals surface area contributed by atoms with Crippen LogP contribution in [-0.4, -0.2) is 5.91 Å². The minimum Gasteiger partial charge on any atom is -0.326 e. The zero-order chi connectivity index (χ0) is 11.7. The number of carbonyl (C=O) groups excluding carboxylic acids is 1. The summed E-state index contributed by atoms with van der Waals surface area (Å²) in [5.74, 6) is 1.13. The van der Waals surface area contributed by atoms with Gasteiger partial charge >= 0.3 is 0 Å². The Morgan fingerprint density at radius 2 is 2.25 bits per heavy atom. The fraction of sp³-hybridized carbons (Fsp3) is 0.462. The molecule has 0 radical (unpaired) electrons. The molecule has 2 nitrogen and oxygen atoms in total. The lowest BCUT2D eigenvalue weighted by Crippen LogP contribution is -2.23. The van der Waals surface area contributed by atoms with E-state index in [2.05, 4.69) is 41.2 Å². The molecule has 3 heteroatoms. The van der Waals surface area contributed by atoms with E-state index in [9.17, 15) is 4.79 Å². The Labute approximate surface area is 105 Å². The number of carbonyl (C=O) groups is 1. The van der Waals surface area contributed by atoms with Gasteiger partial charge in [0.05, 0.1) is 0 Å². The van der Waals surface area contributed by atoms with E-state index in [0.717, 1.165) is 16.6 Å². The van der Waals surface area contributed by atoms with E-state index in [1.807, 2.05) is 12.1 Å². The van der Waals surface area contributed by atoms with Crippen LogP contribution in [-0.2, 0) is 4.79 Å². The predicted octanol–water partition coefficient (Wildman–Crippen LogP) is 3.92. The normalized spacial score (nSPS) is 19.5. The summed E-state index contributed by atoms with van der Waals surface area (Å²) in [7, 11) is 0. The van der Waals surface area contributed by atoms with Crippen molar-refractivity contribution in [3.63, 3.8) is 0 Å². The first-order valence-electron chi connectivity index (χ1n) is 5.65. The molecule has 1 heterocycles. The van der Waals surface area contributed by atoms with Crippen LogP contribution in [0.2, 0.25) is 0 Å². The second kappa shape index (κ2) is 4.58. The van der Waals surface area contributed by atoms with Crippen molar-refractivity contribution in [3.05, 3.63) is 28.2 Å². The van der Waals surface area contributed by atoms with Gasteiger partial charge in [-0.2, -0.15) is 0 Å². The number of amides is 1. The predicted molar refractivity (Wildman–Crippen MR) is 69.6 cm³/mol. The van der Waals surface area contributed by atoms with Crippen LogP contribution in [0.3, 0.4) is 0 Å². The molecule has 0 aromatic heterocycles. The Hall–Kier alpha value is -0.830. The van der Waals surface area contributed by atoms with Gasteiger partial charge in [0, 0.05) is 16.6 Å². The van der Waals surface area contributed by atoms with E-state index in [4.69, 9.17) is 0 Å². The number of hydrogen-bond donors (Lipinski definition) is 1. The molecule has 1 aromatic carbocycles. The van der Waals surface area contributed by atoms with Gasteiger partial charge in [-0.1, -0.05) is 35.8 Å². The van der Waals surface area contributed by atoms with E-state index in [1.54, 1.807) is 0 Å². The fourth-order valence-corrected chi connectivity index (χ4v) is 2.67. The highest BCUT2D eigenvalue weighted by molar-refractivity contribution is 9.10. The van der Waals surface area contributed by atoms with E-state index in [-0.39, 0.29) is 5.91 Å². The van der Waals surface area contributed by atoms with E-state index < -0.39 is 0 Å². The molecule has 0 fully saturated rings. The minimum atomic E-state index is 0.135. The number of nitrogens with one attached hydrogen (secondary N) is 1. The Kier molecular flexibility index (Phi) is 3.33. The zero-order valence-electron chi connectivity index (χ0n) is 9.59. The van der Waals surface area contributed by atoms with Gasteiger partial charge in [0.2, 0.25) is 5.91 Å². The molecular weight excluding hydrogens is 266 g/mol. The molecule has 1 atom stereocenters. The van der Waals surface area contributed by atoms with Gasteiger partial charge in [0.25, 0.3) is 0 Å². The highest BCUT2D eigenvalue weighted by atomic mass is 79.9. The van der Waals surface area contributed by atoms with Crippen molar-refractivity contribution in [1.82, 2.24) is 0 Å². The summed E-state index contributed by atoms with van der Waals surface area (Å²) < 4.78 is 1.01. The highest BCUT2D eigenvalue weighted by Crippen LogP contribution is 2.37. The van der Waals surface area contributed by atoms with Crippen LogP contribution in [0.25, 0.3) is 0 Å². The van der Waals surface area contributed by atoms with Gasteiger partial charge in [-0.25, -0.2) is 0 Å². The molecule has 1 amide bonds. The quantitative estimate of drug-likeness (QED) is 0.875. The molecule has 0 spiro atoms. The molecule has 0 saturated carbocycles. The van der Waals surface area contributed by atoms with E-state index in [0.29, 0.717) is 18.3 Å². The van der Waals surface area contributed by atoms with Gasteiger partial charge in [0.1, 0.15) is 0 Å². The SMILES string of the molecule is CC(C)CC1CC(=O)Nc2cc(Br)ccc21.